The lowest BCUT2D eigenvalue weighted by Crippen LogP contribution is -2.28. The van der Waals surface area contributed by atoms with Gasteiger partial charge in [-0.15, -0.1) is 0 Å². The van der Waals surface area contributed by atoms with E-state index in [1.807, 2.05) is 0 Å². The number of methoxy groups -OCH3 is 1. The maximum absolute atomic E-state index is 14.2. The fourth-order valence-corrected chi connectivity index (χ4v) is 4.47. The molecule has 1 amide bonds. The van der Waals surface area contributed by atoms with Gasteiger partial charge in [0.1, 0.15) is 5.82 Å². The van der Waals surface area contributed by atoms with Gasteiger partial charge in [-0.05, 0) is 60.2 Å². The van der Waals surface area contributed by atoms with Crippen molar-refractivity contribution in [1.82, 2.24) is 0 Å². The molecule has 4 rings (SSSR count). The van der Waals surface area contributed by atoms with E-state index >= 15 is 0 Å². The summed E-state index contributed by atoms with van der Waals surface area (Å²) < 4.78 is 25.2. The van der Waals surface area contributed by atoms with Gasteiger partial charge in [-0.25, -0.2) is 9.18 Å². The van der Waals surface area contributed by atoms with Gasteiger partial charge >= 0.3 is 5.97 Å². The van der Waals surface area contributed by atoms with E-state index in [0.717, 1.165) is 11.8 Å². The number of esters is 1. The number of hydrogen-bond acceptors (Lipinski definition) is 6. The monoisotopic (exact) mass is 499 g/mol. The molecular weight excluding hydrogens is 485 g/mol. The number of amides is 1. The molecule has 166 valence electrons. The molecule has 1 saturated heterocycles. The molecule has 33 heavy (non-hydrogen) atoms. The van der Waals surface area contributed by atoms with Crippen molar-refractivity contribution in [3.8, 4) is 11.5 Å². The van der Waals surface area contributed by atoms with Crippen LogP contribution in [0.25, 0.3) is 6.08 Å². The largest absolute Gasteiger partial charge is 0.493 e. The Hall–Kier alpha value is -3.20. The first-order valence-electron chi connectivity index (χ1n) is 9.55. The van der Waals surface area contributed by atoms with E-state index in [4.69, 9.17) is 33.3 Å². The molecule has 0 aromatic heterocycles. The maximum Gasteiger partial charge on any atom is 0.343 e. The Bertz CT molecular complexity index is 1290. The number of halogens is 2. The van der Waals surface area contributed by atoms with Gasteiger partial charge < -0.3 is 9.47 Å². The molecule has 3 aromatic rings. The Balaban J connectivity index is 1.57. The lowest BCUT2D eigenvalue weighted by molar-refractivity contribution is -0.113. The number of carbonyl (C=O) groups excluding carboxylic acids is 2. The second-order valence-electron chi connectivity index (χ2n) is 6.78. The molecule has 0 radical (unpaired) electrons. The average molecular weight is 500 g/mol. The van der Waals surface area contributed by atoms with Gasteiger partial charge in [0.2, 0.25) is 0 Å². The van der Waals surface area contributed by atoms with E-state index in [1.165, 1.54) is 24.1 Å². The quantitative estimate of drug-likeness (QED) is 0.183. The molecule has 1 fully saturated rings. The highest BCUT2D eigenvalue weighted by molar-refractivity contribution is 8.27. The average Bonchev–Trinajstić information content (AvgIpc) is 3.08. The fraction of sp³-hybridized carbons (Fsp3) is 0.0417. The van der Waals surface area contributed by atoms with E-state index in [-0.39, 0.29) is 15.8 Å². The van der Waals surface area contributed by atoms with Crippen molar-refractivity contribution in [2.75, 3.05) is 12.0 Å². The van der Waals surface area contributed by atoms with Crippen LogP contribution in [0.5, 0.6) is 11.5 Å². The second-order valence-corrected chi connectivity index (χ2v) is 8.89. The number of ether oxygens (including phenoxy) is 2. The number of thiocarbonyl (C=S) groups is 1. The first-order chi connectivity index (χ1) is 15.9. The van der Waals surface area contributed by atoms with Crippen LogP contribution < -0.4 is 14.4 Å². The van der Waals surface area contributed by atoms with E-state index in [0.29, 0.717) is 26.8 Å². The van der Waals surface area contributed by atoms with Crippen LogP contribution >= 0.6 is 35.6 Å². The molecule has 0 unspecified atom stereocenters. The van der Waals surface area contributed by atoms with Gasteiger partial charge in [-0.3, -0.25) is 9.69 Å². The van der Waals surface area contributed by atoms with Gasteiger partial charge in [0, 0.05) is 5.02 Å². The number of para-hydroxylation sites is 1. The van der Waals surface area contributed by atoms with Crippen LogP contribution in [0.1, 0.15) is 15.9 Å². The van der Waals surface area contributed by atoms with Crippen molar-refractivity contribution in [1.29, 1.82) is 0 Å². The predicted molar refractivity (Wildman–Crippen MR) is 131 cm³/mol. The first kappa shape index (κ1) is 23.0. The third-order valence-electron chi connectivity index (χ3n) is 4.66. The SMILES string of the molecule is COc1cc(/C=C2\SC(=S)N(c3ccccc3F)C2=O)ccc1OC(=O)c1ccc(Cl)cc1. The molecule has 5 nitrogen and oxygen atoms in total. The number of carbonyl (C=O) groups is 2. The van der Waals surface area contributed by atoms with E-state index in [2.05, 4.69) is 0 Å². The topological polar surface area (TPSA) is 55.8 Å². The highest BCUT2D eigenvalue weighted by atomic mass is 35.5. The number of thioether (sulfide) groups is 1. The summed E-state index contributed by atoms with van der Waals surface area (Å²) in [5.41, 5.74) is 1.06. The van der Waals surface area contributed by atoms with Crippen LogP contribution in [0, 0.1) is 5.82 Å². The Morgan fingerprint density at radius 2 is 1.82 bits per heavy atom. The van der Waals surface area contributed by atoms with Crippen LogP contribution in [0.15, 0.2) is 71.6 Å². The molecule has 9 heteroatoms. The van der Waals surface area contributed by atoms with Gasteiger partial charge in [0.05, 0.1) is 23.3 Å². The summed E-state index contributed by atoms with van der Waals surface area (Å²) in [6.45, 7) is 0. The highest BCUT2D eigenvalue weighted by Gasteiger charge is 2.34. The molecule has 1 heterocycles. The molecule has 0 N–H and O–H groups in total. The molecule has 0 aliphatic carbocycles. The zero-order valence-corrected chi connectivity index (χ0v) is 19.5. The minimum Gasteiger partial charge on any atom is -0.493 e. The Labute approximate surface area is 203 Å². The normalized spacial score (nSPS) is 14.6. The van der Waals surface area contributed by atoms with Crippen LogP contribution in [-0.2, 0) is 4.79 Å². The van der Waals surface area contributed by atoms with Crippen LogP contribution in [0.3, 0.4) is 0 Å². The minimum atomic E-state index is -0.566. The van der Waals surface area contributed by atoms with Crippen LogP contribution in [0.2, 0.25) is 5.02 Å². The zero-order valence-electron chi connectivity index (χ0n) is 17.1. The highest BCUT2D eigenvalue weighted by Crippen LogP contribution is 2.38. The van der Waals surface area contributed by atoms with E-state index in [1.54, 1.807) is 60.7 Å². The van der Waals surface area contributed by atoms with Crippen molar-refractivity contribution in [3.05, 3.63) is 93.6 Å². The van der Waals surface area contributed by atoms with Crippen molar-refractivity contribution in [2.24, 2.45) is 0 Å². The fourth-order valence-electron chi connectivity index (χ4n) is 3.06. The van der Waals surface area contributed by atoms with Gasteiger partial charge in [0.15, 0.2) is 15.8 Å². The van der Waals surface area contributed by atoms with Crippen molar-refractivity contribution < 1.29 is 23.5 Å². The lowest BCUT2D eigenvalue weighted by Gasteiger charge is -2.14. The minimum absolute atomic E-state index is 0.102. The van der Waals surface area contributed by atoms with E-state index in [9.17, 15) is 14.0 Å². The third-order valence-corrected chi connectivity index (χ3v) is 6.21. The smallest absolute Gasteiger partial charge is 0.343 e. The summed E-state index contributed by atoms with van der Waals surface area (Å²) in [7, 11) is 1.44. The van der Waals surface area contributed by atoms with Gasteiger partial charge in [-0.1, -0.05) is 53.8 Å². The third kappa shape index (κ3) is 4.93. The standard InChI is InChI=1S/C24H15ClFNO4S2/c1-30-20-12-14(6-11-19(20)31-23(29)15-7-9-16(25)10-8-15)13-21-22(28)27(24(32)33-21)18-5-3-2-4-17(18)26/h2-13H,1H3/b21-13-. The molecular formula is C24H15ClFNO4S2. The number of rotatable bonds is 5. The lowest BCUT2D eigenvalue weighted by atomic mass is 10.1. The molecule has 1 aliphatic rings. The molecule has 1 aliphatic heterocycles. The molecule has 0 bridgehead atoms. The molecule has 3 aromatic carbocycles. The van der Waals surface area contributed by atoms with Crippen molar-refractivity contribution >= 4 is 63.5 Å². The summed E-state index contributed by atoms with van der Waals surface area (Å²) in [4.78, 5) is 26.8. The van der Waals surface area contributed by atoms with Gasteiger partial charge in [0.25, 0.3) is 5.91 Å². The Morgan fingerprint density at radius 1 is 1.09 bits per heavy atom. The second kappa shape index (κ2) is 9.74. The summed E-state index contributed by atoms with van der Waals surface area (Å²) in [5.74, 6) is -1.01. The summed E-state index contributed by atoms with van der Waals surface area (Å²) in [6, 6.07) is 17.1. The Kier molecular flexibility index (Phi) is 6.78. The summed E-state index contributed by atoms with van der Waals surface area (Å²) in [6.07, 6.45) is 1.62. The summed E-state index contributed by atoms with van der Waals surface area (Å²) in [5, 5.41) is 0.508. The van der Waals surface area contributed by atoms with Crippen molar-refractivity contribution in [2.45, 2.75) is 0 Å². The Morgan fingerprint density at radius 3 is 2.52 bits per heavy atom. The number of nitrogens with zero attached hydrogens (tertiary/aromatic N) is 1. The number of benzene rings is 3. The number of hydrogen-bond donors (Lipinski definition) is 0. The summed E-state index contributed by atoms with van der Waals surface area (Å²) >= 11 is 12.2. The predicted octanol–water partition coefficient (Wildman–Crippen LogP) is 6.11. The number of anilines is 1. The maximum atomic E-state index is 14.2. The van der Waals surface area contributed by atoms with Crippen molar-refractivity contribution in [3.63, 3.8) is 0 Å². The molecule has 0 saturated carbocycles. The van der Waals surface area contributed by atoms with Crippen LogP contribution in [-0.4, -0.2) is 23.3 Å². The van der Waals surface area contributed by atoms with Gasteiger partial charge in [-0.2, -0.15) is 0 Å². The zero-order chi connectivity index (χ0) is 23.5. The van der Waals surface area contributed by atoms with Crippen LogP contribution in [0.4, 0.5) is 10.1 Å². The van der Waals surface area contributed by atoms with E-state index < -0.39 is 17.7 Å². The molecule has 0 atom stereocenters. The molecule has 0 spiro atoms. The first-order valence-corrected chi connectivity index (χ1v) is 11.2.